The van der Waals surface area contributed by atoms with E-state index in [9.17, 15) is 14.0 Å². The smallest absolute Gasteiger partial charge is 0.307 e. The highest BCUT2D eigenvalue weighted by atomic mass is 35.5. The largest absolute Gasteiger partial charge is 0.469 e. The van der Waals surface area contributed by atoms with Gasteiger partial charge in [-0.25, -0.2) is 4.39 Å². The van der Waals surface area contributed by atoms with Crippen LogP contribution in [0.4, 0.5) is 4.39 Å². The number of halogens is 2. The van der Waals surface area contributed by atoms with E-state index in [1.165, 1.54) is 30.6 Å². The summed E-state index contributed by atoms with van der Waals surface area (Å²) < 4.78 is 19.2. The first-order chi connectivity index (χ1) is 12.5. The molecule has 0 spiro atoms. The number of carbonyl (C=O) groups is 2. The molecule has 1 atom stereocenters. The van der Waals surface area contributed by atoms with Crippen LogP contribution in [0.3, 0.4) is 0 Å². The van der Waals surface area contributed by atoms with Crippen LogP contribution < -0.4 is 5.32 Å². The van der Waals surface area contributed by atoms with E-state index in [1.54, 1.807) is 36.4 Å². The second-order valence-electron chi connectivity index (χ2n) is 5.62. The molecule has 0 aliphatic rings. The van der Waals surface area contributed by atoms with Crippen LogP contribution in [0.1, 0.15) is 27.7 Å². The van der Waals surface area contributed by atoms with Gasteiger partial charge in [-0.1, -0.05) is 29.8 Å². The first-order valence-electron chi connectivity index (χ1n) is 7.79. The minimum Gasteiger partial charge on any atom is -0.469 e. The molecule has 3 rings (SSSR count). The Bertz CT molecular complexity index is 955. The predicted molar refractivity (Wildman–Crippen MR) is 100 cm³/mol. The fourth-order valence-corrected chi connectivity index (χ4v) is 3.67. The predicted octanol–water partition coefficient (Wildman–Crippen LogP) is 4.73. The Morgan fingerprint density at radius 1 is 1.23 bits per heavy atom. The lowest BCUT2D eigenvalue weighted by Gasteiger charge is -2.18. The zero-order valence-electron chi connectivity index (χ0n) is 13.8. The summed E-state index contributed by atoms with van der Waals surface area (Å²) in [6, 6.07) is 12.5. The van der Waals surface area contributed by atoms with Gasteiger partial charge < -0.3 is 10.1 Å². The van der Waals surface area contributed by atoms with Gasteiger partial charge in [0.2, 0.25) is 0 Å². The molecule has 0 saturated carbocycles. The summed E-state index contributed by atoms with van der Waals surface area (Å²) in [6.45, 7) is 0. The minimum absolute atomic E-state index is 0.0247. The number of hydrogen-bond acceptors (Lipinski definition) is 4. The number of fused-ring (bicyclic) bond motifs is 1. The molecular weight excluding hydrogens is 377 g/mol. The molecule has 1 unspecified atom stereocenters. The molecule has 0 saturated heterocycles. The maximum Gasteiger partial charge on any atom is 0.307 e. The summed E-state index contributed by atoms with van der Waals surface area (Å²) in [6.07, 6.45) is -0.0247. The van der Waals surface area contributed by atoms with Crippen molar-refractivity contribution in [3.05, 3.63) is 69.8 Å². The number of amides is 1. The lowest BCUT2D eigenvalue weighted by Crippen LogP contribution is -2.30. The zero-order chi connectivity index (χ0) is 18.7. The maximum atomic E-state index is 13.8. The van der Waals surface area contributed by atoms with Crippen molar-refractivity contribution in [3.8, 4) is 0 Å². The molecule has 4 nitrogen and oxygen atoms in total. The Morgan fingerprint density at radius 3 is 2.62 bits per heavy atom. The van der Waals surface area contributed by atoms with Gasteiger partial charge in [0.05, 0.1) is 24.4 Å². The van der Waals surface area contributed by atoms with Gasteiger partial charge in [-0.3, -0.25) is 9.59 Å². The van der Waals surface area contributed by atoms with E-state index in [2.05, 4.69) is 5.32 Å². The monoisotopic (exact) mass is 391 g/mol. The van der Waals surface area contributed by atoms with Crippen LogP contribution in [0, 0.1) is 5.82 Å². The van der Waals surface area contributed by atoms with Gasteiger partial charge in [-0.15, -0.1) is 11.3 Å². The third-order valence-electron chi connectivity index (χ3n) is 3.91. The highest BCUT2D eigenvalue weighted by molar-refractivity contribution is 7.20. The summed E-state index contributed by atoms with van der Waals surface area (Å²) in [4.78, 5) is 24.7. The van der Waals surface area contributed by atoms with Gasteiger partial charge in [0.1, 0.15) is 5.82 Å². The Labute approximate surface area is 158 Å². The van der Waals surface area contributed by atoms with E-state index in [0.29, 0.717) is 20.0 Å². The maximum absolute atomic E-state index is 13.8. The van der Waals surface area contributed by atoms with Crippen molar-refractivity contribution in [3.63, 3.8) is 0 Å². The summed E-state index contributed by atoms with van der Waals surface area (Å²) >= 11 is 7.09. The summed E-state index contributed by atoms with van der Waals surface area (Å²) in [7, 11) is 1.29. The van der Waals surface area contributed by atoms with Crippen LogP contribution in [0.5, 0.6) is 0 Å². The molecule has 7 heteroatoms. The standard InChI is InChI=1S/C19H15ClFNO3S/c1-25-18(23)10-15(11-5-7-12(20)8-6-11)22-19(24)17-9-13-14(21)3-2-4-16(13)26-17/h2-9,15H,10H2,1H3,(H,22,24). The van der Waals surface area contributed by atoms with Crippen molar-refractivity contribution in [2.24, 2.45) is 0 Å². The first kappa shape index (κ1) is 18.4. The van der Waals surface area contributed by atoms with Gasteiger partial charge >= 0.3 is 5.97 Å². The molecule has 1 aromatic heterocycles. The van der Waals surface area contributed by atoms with Gasteiger partial charge in [0.25, 0.3) is 5.91 Å². The second kappa shape index (κ2) is 7.85. The summed E-state index contributed by atoms with van der Waals surface area (Å²) in [5, 5.41) is 3.77. The molecule has 0 aliphatic heterocycles. The second-order valence-corrected chi connectivity index (χ2v) is 7.14. The highest BCUT2D eigenvalue weighted by Crippen LogP contribution is 2.28. The van der Waals surface area contributed by atoms with Crippen molar-refractivity contribution in [2.45, 2.75) is 12.5 Å². The van der Waals surface area contributed by atoms with E-state index in [-0.39, 0.29) is 18.1 Å². The quantitative estimate of drug-likeness (QED) is 0.640. The number of benzene rings is 2. The molecule has 2 aromatic carbocycles. The number of hydrogen-bond donors (Lipinski definition) is 1. The van der Waals surface area contributed by atoms with Crippen LogP contribution in [0.25, 0.3) is 10.1 Å². The molecule has 134 valence electrons. The van der Waals surface area contributed by atoms with Gasteiger partial charge in [0.15, 0.2) is 0 Å². The molecule has 0 aliphatic carbocycles. The number of rotatable bonds is 5. The molecular formula is C19H15ClFNO3S. The molecule has 26 heavy (non-hydrogen) atoms. The first-order valence-corrected chi connectivity index (χ1v) is 8.98. The number of nitrogens with one attached hydrogen (secondary N) is 1. The van der Waals surface area contributed by atoms with E-state index >= 15 is 0 Å². The zero-order valence-corrected chi connectivity index (χ0v) is 15.4. The third-order valence-corrected chi connectivity index (χ3v) is 5.26. The van der Waals surface area contributed by atoms with Crippen LogP contribution in [0.2, 0.25) is 5.02 Å². The van der Waals surface area contributed by atoms with Gasteiger partial charge in [-0.2, -0.15) is 0 Å². The fraction of sp³-hybridized carbons (Fsp3) is 0.158. The molecule has 0 bridgehead atoms. The van der Waals surface area contributed by atoms with Crippen LogP contribution >= 0.6 is 22.9 Å². The van der Waals surface area contributed by atoms with Crippen molar-refractivity contribution in [1.29, 1.82) is 0 Å². The molecule has 1 amide bonds. The lowest BCUT2D eigenvalue weighted by molar-refractivity contribution is -0.141. The normalized spacial score (nSPS) is 12.0. The van der Waals surface area contributed by atoms with Crippen molar-refractivity contribution >= 4 is 44.9 Å². The third kappa shape index (κ3) is 4.03. The SMILES string of the molecule is COC(=O)CC(NC(=O)c1cc2c(F)cccc2s1)c1ccc(Cl)cc1. The number of esters is 1. The number of carbonyl (C=O) groups excluding carboxylic acids is 2. The van der Waals surface area contributed by atoms with Gasteiger partial charge in [0, 0.05) is 15.1 Å². The number of ether oxygens (including phenoxy) is 1. The minimum atomic E-state index is -0.581. The van der Waals surface area contributed by atoms with E-state index in [1.807, 2.05) is 0 Å². The lowest BCUT2D eigenvalue weighted by atomic mass is 10.0. The van der Waals surface area contributed by atoms with Crippen LogP contribution in [0.15, 0.2) is 48.5 Å². The Morgan fingerprint density at radius 2 is 1.96 bits per heavy atom. The topological polar surface area (TPSA) is 55.4 Å². The average Bonchev–Trinajstić information content (AvgIpc) is 3.07. The number of thiophene rings is 1. The van der Waals surface area contributed by atoms with Crippen molar-refractivity contribution in [2.75, 3.05) is 7.11 Å². The summed E-state index contributed by atoms with van der Waals surface area (Å²) in [5.41, 5.74) is 0.723. The summed E-state index contributed by atoms with van der Waals surface area (Å²) in [5.74, 6) is -1.20. The highest BCUT2D eigenvalue weighted by Gasteiger charge is 2.21. The Hall–Kier alpha value is -2.44. The fourth-order valence-electron chi connectivity index (χ4n) is 2.56. The van der Waals surface area contributed by atoms with Crippen LogP contribution in [-0.2, 0) is 9.53 Å². The number of methoxy groups -OCH3 is 1. The molecule has 1 heterocycles. The molecule has 0 fully saturated rings. The van der Waals surface area contributed by atoms with Crippen molar-refractivity contribution in [1.82, 2.24) is 5.32 Å². The molecule has 3 aromatic rings. The molecule has 1 N–H and O–H groups in total. The Kier molecular flexibility index (Phi) is 5.54. The molecule has 0 radical (unpaired) electrons. The Balaban J connectivity index is 1.86. The van der Waals surface area contributed by atoms with E-state index in [4.69, 9.17) is 16.3 Å². The van der Waals surface area contributed by atoms with E-state index < -0.39 is 12.0 Å². The van der Waals surface area contributed by atoms with Crippen LogP contribution in [-0.4, -0.2) is 19.0 Å². The van der Waals surface area contributed by atoms with E-state index in [0.717, 1.165) is 5.56 Å². The van der Waals surface area contributed by atoms with Crippen molar-refractivity contribution < 1.29 is 18.7 Å². The average molecular weight is 392 g/mol. The van der Waals surface area contributed by atoms with Gasteiger partial charge in [-0.05, 0) is 35.9 Å².